The van der Waals surface area contributed by atoms with Crippen LogP contribution in [-0.2, 0) is 22.6 Å². The number of aromatic nitrogens is 2. The molecule has 3 aromatic rings. The average Bonchev–Trinajstić information content (AvgIpc) is 2.83. The van der Waals surface area contributed by atoms with Crippen LogP contribution in [0, 0.1) is 0 Å². The second-order valence-corrected chi connectivity index (χ2v) is 7.98. The molecule has 2 amide bonds. The number of aryl methyl sites for hydroxylation is 1. The van der Waals surface area contributed by atoms with E-state index in [0.717, 1.165) is 17.5 Å². The van der Waals surface area contributed by atoms with Crippen LogP contribution in [0.2, 0.25) is 0 Å². The second-order valence-electron chi connectivity index (χ2n) is 7.98. The van der Waals surface area contributed by atoms with Crippen LogP contribution in [0.1, 0.15) is 18.4 Å². The fraction of sp³-hybridized carbons (Fsp3) is 0.333. The van der Waals surface area contributed by atoms with E-state index in [2.05, 4.69) is 17.2 Å². The molecule has 8 heteroatoms. The van der Waals surface area contributed by atoms with Crippen molar-refractivity contribution in [2.45, 2.75) is 25.8 Å². The molecule has 0 unspecified atom stereocenters. The van der Waals surface area contributed by atoms with Crippen molar-refractivity contribution >= 4 is 22.6 Å². The first kappa shape index (κ1) is 21.5. The van der Waals surface area contributed by atoms with Gasteiger partial charge < -0.3 is 9.80 Å². The second kappa shape index (κ2) is 9.64. The number of benzene rings is 2. The zero-order valence-corrected chi connectivity index (χ0v) is 17.8. The molecule has 0 saturated carbocycles. The number of fused-ring (bicyclic) bond motifs is 1. The first-order valence-corrected chi connectivity index (χ1v) is 10.8. The van der Waals surface area contributed by atoms with E-state index in [-0.39, 0.29) is 23.7 Å². The van der Waals surface area contributed by atoms with Crippen molar-refractivity contribution in [3.63, 3.8) is 0 Å². The third-order valence-corrected chi connectivity index (χ3v) is 5.86. The first-order valence-electron chi connectivity index (χ1n) is 10.8. The summed E-state index contributed by atoms with van der Waals surface area (Å²) in [6.07, 6.45) is 2.14. The van der Waals surface area contributed by atoms with Gasteiger partial charge in [0.1, 0.15) is 6.54 Å². The predicted octanol–water partition coefficient (Wildman–Crippen LogP) is 1.38. The Bertz CT molecular complexity index is 1220. The minimum absolute atomic E-state index is 0.100. The number of H-pyrrole nitrogens is 1. The normalized spacial score (nSPS) is 14.0. The molecule has 1 aliphatic heterocycles. The Morgan fingerprint density at radius 3 is 2.06 bits per heavy atom. The van der Waals surface area contributed by atoms with Gasteiger partial charge in [0.25, 0.3) is 11.1 Å². The van der Waals surface area contributed by atoms with E-state index < -0.39 is 11.1 Å². The van der Waals surface area contributed by atoms with Crippen LogP contribution < -0.4 is 11.1 Å². The number of carbonyl (C=O) groups excluding carboxylic acids is 2. The number of rotatable bonds is 6. The maximum atomic E-state index is 12.7. The molecular formula is C24H26N4O4. The summed E-state index contributed by atoms with van der Waals surface area (Å²) in [5, 5.41) is 3.08. The number of piperazine rings is 1. The van der Waals surface area contributed by atoms with Gasteiger partial charge in [-0.25, -0.2) is 4.68 Å². The number of aromatic amines is 1. The highest BCUT2D eigenvalue weighted by Crippen LogP contribution is 2.09. The highest BCUT2D eigenvalue weighted by atomic mass is 16.2. The van der Waals surface area contributed by atoms with Crippen LogP contribution in [0.15, 0.2) is 64.2 Å². The lowest BCUT2D eigenvalue weighted by atomic mass is 10.1. The number of nitrogens with zero attached hydrogens (tertiary/aromatic N) is 3. The molecule has 32 heavy (non-hydrogen) atoms. The van der Waals surface area contributed by atoms with Crippen molar-refractivity contribution in [1.29, 1.82) is 0 Å². The molecule has 1 aromatic heterocycles. The molecule has 1 aliphatic rings. The van der Waals surface area contributed by atoms with Crippen molar-refractivity contribution in [3.05, 3.63) is 80.9 Å². The summed E-state index contributed by atoms with van der Waals surface area (Å²) in [5.41, 5.74) is 0.414. The average molecular weight is 434 g/mol. The molecule has 0 bridgehead atoms. The van der Waals surface area contributed by atoms with Crippen molar-refractivity contribution in [2.75, 3.05) is 26.2 Å². The van der Waals surface area contributed by atoms with Gasteiger partial charge in [-0.3, -0.25) is 24.3 Å². The van der Waals surface area contributed by atoms with Crippen molar-refractivity contribution in [3.8, 4) is 0 Å². The summed E-state index contributed by atoms with van der Waals surface area (Å²) in [5.74, 6) is -0.155. The van der Waals surface area contributed by atoms with Crippen LogP contribution in [-0.4, -0.2) is 57.6 Å². The Kier molecular flexibility index (Phi) is 6.49. The molecule has 1 fully saturated rings. The van der Waals surface area contributed by atoms with Crippen LogP contribution in [0.3, 0.4) is 0 Å². The zero-order chi connectivity index (χ0) is 22.5. The van der Waals surface area contributed by atoms with Crippen LogP contribution in [0.4, 0.5) is 0 Å². The summed E-state index contributed by atoms with van der Waals surface area (Å²) in [6, 6.07) is 16.6. The van der Waals surface area contributed by atoms with Crippen molar-refractivity contribution in [1.82, 2.24) is 19.6 Å². The number of carbonyl (C=O) groups is 2. The number of nitrogens with one attached hydrogen (secondary N) is 1. The van der Waals surface area contributed by atoms with Gasteiger partial charge in [0.05, 0.1) is 10.8 Å². The molecule has 2 heterocycles. The quantitative estimate of drug-likeness (QED) is 0.634. The minimum Gasteiger partial charge on any atom is -0.339 e. The lowest BCUT2D eigenvalue weighted by Gasteiger charge is -2.35. The number of hydrogen-bond donors (Lipinski definition) is 1. The Balaban J connectivity index is 1.30. The molecule has 0 atom stereocenters. The monoisotopic (exact) mass is 434 g/mol. The first-order chi connectivity index (χ1) is 15.5. The fourth-order valence-corrected chi connectivity index (χ4v) is 4.04. The smallest absolute Gasteiger partial charge is 0.273 e. The van der Waals surface area contributed by atoms with Gasteiger partial charge in [-0.15, -0.1) is 0 Å². The van der Waals surface area contributed by atoms with Crippen molar-refractivity contribution < 1.29 is 9.59 Å². The van der Waals surface area contributed by atoms with E-state index in [4.69, 9.17) is 0 Å². The topological polar surface area (TPSA) is 95.5 Å². The summed E-state index contributed by atoms with van der Waals surface area (Å²) >= 11 is 0. The molecular weight excluding hydrogens is 408 g/mol. The maximum Gasteiger partial charge on any atom is 0.273 e. The summed E-state index contributed by atoms with van der Waals surface area (Å²) in [6.45, 7) is 1.54. The molecule has 0 spiro atoms. The van der Waals surface area contributed by atoms with Gasteiger partial charge in [0.15, 0.2) is 0 Å². The van der Waals surface area contributed by atoms with Crippen molar-refractivity contribution in [2.24, 2.45) is 0 Å². The predicted molar refractivity (Wildman–Crippen MR) is 121 cm³/mol. The molecule has 0 aliphatic carbocycles. The standard InChI is InChI=1S/C24H26N4O4/c29-21(12-6-9-18-7-2-1-3-8-18)26-13-15-27(16-14-26)22(30)17-28-24(32)20-11-5-4-10-19(20)23(31)25-28/h1-5,7-8,10-11H,6,9,12-17H2,(H,25,31). The largest absolute Gasteiger partial charge is 0.339 e. The molecule has 8 nitrogen and oxygen atoms in total. The minimum atomic E-state index is -0.404. The van der Waals surface area contributed by atoms with Gasteiger partial charge in [0.2, 0.25) is 11.8 Å². The highest BCUT2D eigenvalue weighted by Gasteiger charge is 2.24. The fourth-order valence-electron chi connectivity index (χ4n) is 4.04. The summed E-state index contributed by atoms with van der Waals surface area (Å²) in [4.78, 5) is 53.5. The highest BCUT2D eigenvalue weighted by molar-refractivity contribution is 5.81. The van der Waals surface area contributed by atoms with E-state index in [0.29, 0.717) is 38.0 Å². The van der Waals surface area contributed by atoms with E-state index in [1.807, 2.05) is 18.2 Å². The molecule has 4 rings (SSSR count). The van der Waals surface area contributed by atoms with Gasteiger partial charge in [-0.05, 0) is 30.5 Å². The molecule has 0 radical (unpaired) electrons. The van der Waals surface area contributed by atoms with Crippen LogP contribution in [0.5, 0.6) is 0 Å². The van der Waals surface area contributed by atoms with Crippen LogP contribution >= 0.6 is 0 Å². The maximum absolute atomic E-state index is 12.7. The molecule has 166 valence electrons. The third-order valence-electron chi connectivity index (χ3n) is 5.86. The molecule has 1 N–H and O–H groups in total. The van der Waals surface area contributed by atoms with Crippen LogP contribution in [0.25, 0.3) is 10.8 Å². The van der Waals surface area contributed by atoms with Gasteiger partial charge in [0, 0.05) is 32.6 Å². The Hall–Kier alpha value is -3.68. The van der Waals surface area contributed by atoms with E-state index in [1.165, 1.54) is 5.56 Å². The third kappa shape index (κ3) is 4.80. The Morgan fingerprint density at radius 1 is 0.781 bits per heavy atom. The summed E-state index contributed by atoms with van der Waals surface area (Å²) in [7, 11) is 0. The number of amides is 2. The van der Waals surface area contributed by atoms with E-state index in [1.54, 1.807) is 34.1 Å². The van der Waals surface area contributed by atoms with Gasteiger partial charge in [-0.2, -0.15) is 0 Å². The lowest BCUT2D eigenvalue weighted by molar-refractivity contribution is -0.140. The van der Waals surface area contributed by atoms with Gasteiger partial charge in [-0.1, -0.05) is 42.5 Å². The summed E-state index contributed by atoms with van der Waals surface area (Å²) < 4.78 is 1.06. The van der Waals surface area contributed by atoms with E-state index in [9.17, 15) is 19.2 Å². The molecule has 2 aromatic carbocycles. The number of hydrogen-bond acceptors (Lipinski definition) is 4. The molecule has 1 saturated heterocycles. The van der Waals surface area contributed by atoms with Gasteiger partial charge >= 0.3 is 0 Å². The van der Waals surface area contributed by atoms with E-state index >= 15 is 0 Å². The Morgan fingerprint density at radius 2 is 1.38 bits per heavy atom. The lowest BCUT2D eigenvalue weighted by Crippen LogP contribution is -2.51. The zero-order valence-electron chi connectivity index (χ0n) is 17.8. The SMILES string of the molecule is O=C(CCCc1ccccc1)N1CCN(C(=O)Cn2[nH]c(=O)c3ccccc3c2=O)CC1. The Labute approximate surface area is 185 Å².